The topological polar surface area (TPSA) is 104 Å². The lowest BCUT2D eigenvalue weighted by atomic mass is 10.1. The molecule has 8 heteroatoms. The molecule has 2 aromatic rings. The summed E-state index contributed by atoms with van der Waals surface area (Å²) in [5, 5.41) is 0. The number of ether oxygens (including phenoxy) is 2. The highest BCUT2D eigenvalue weighted by atomic mass is 32.2. The third kappa shape index (κ3) is 6.31. The number of hydrogen-bond acceptors (Lipinski definition) is 7. The number of benzene rings is 2. The number of esters is 2. The zero-order valence-corrected chi connectivity index (χ0v) is 16.3. The molecule has 0 atom stereocenters. The number of hydrogen-bond donors (Lipinski definition) is 0. The van der Waals surface area contributed by atoms with Crippen molar-refractivity contribution in [2.24, 2.45) is 0 Å². The molecule has 0 saturated carbocycles. The molecule has 0 aliphatic rings. The maximum Gasteiger partial charge on any atom is 0.308 e. The largest absolute Gasteiger partial charge is 0.457 e. The fourth-order valence-electron chi connectivity index (χ4n) is 2.26. The fourth-order valence-corrected chi connectivity index (χ4v) is 3.48. The summed E-state index contributed by atoms with van der Waals surface area (Å²) in [6.45, 7) is 2.60. The Hall–Kier alpha value is -3.00. The Labute approximate surface area is 163 Å². The highest BCUT2D eigenvalue weighted by Crippen LogP contribution is 2.14. The maximum atomic E-state index is 12.2. The Kier molecular flexibility index (Phi) is 7.06. The standard InChI is InChI=1S/C20H20O7S/c1-14-3-9-18(10-4-14)28(24,25)12-11-20(23)26-13-19(22)16-5-7-17(8-6-16)27-15(2)21/h3-10H,11-13H2,1-2H3. The van der Waals surface area contributed by atoms with Crippen LogP contribution in [0.15, 0.2) is 53.4 Å². The van der Waals surface area contributed by atoms with Crippen molar-refractivity contribution in [3.8, 4) is 5.75 Å². The number of rotatable bonds is 8. The molecule has 0 radical (unpaired) electrons. The van der Waals surface area contributed by atoms with E-state index in [0.717, 1.165) is 5.56 Å². The van der Waals surface area contributed by atoms with Gasteiger partial charge in [-0.15, -0.1) is 0 Å². The van der Waals surface area contributed by atoms with Crippen molar-refractivity contribution in [1.29, 1.82) is 0 Å². The van der Waals surface area contributed by atoms with E-state index in [1.807, 2.05) is 6.92 Å². The summed E-state index contributed by atoms with van der Waals surface area (Å²) >= 11 is 0. The Morgan fingerprint density at radius 1 is 0.929 bits per heavy atom. The molecule has 2 aromatic carbocycles. The van der Waals surface area contributed by atoms with Crippen molar-refractivity contribution in [2.45, 2.75) is 25.2 Å². The molecular weight excluding hydrogens is 384 g/mol. The molecule has 0 spiro atoms. The predicted molar refractivity (Wildman–Crippen MR) is 101 cm³/mol. The third-order valence-electron chi connectivity index (χ3n) is 3.76. The van der Waals surface area contributed by atoms with Crippen LogP contribution in [0.25, 0.3) is 0 Å². The minimum absolute atomic E-state index is 0.134. The van der Waals surface area contributed by atoms with Gasteiger partial charge >= 0.3 is 11.9 Å². The second-order valence-electron chi connectivity index (χ2n) is 6.08. The molecule has 0 amide bonds. The molecule has 0 saturated heterocycles. The number of carbonyl (C=O) groups is 3. The first-order valence-corrected chi connectivity index (χ1v) is 10.1. The zero-order valence-electron chi connectivity index (χ0n) is 15.5. The summed E-state index contributed by atoms with van der Waals surface area (Å²) in [6, 6.07) is 12.1. The van der Waals surface area contributed by atoms with E-state index in [1.54, 1.807) is 12.1 Å². The highest BCUT2D eigenvalue weighted by molar-refractivity contribution is 7.91. The van der Waals surface area contributed by atoms with Gasteiger partial charge < -0.3 is 9.47 Å². The van der Waals surface area contributed by atoms with Crippen LogP contribution in [0.2, 0.25) is 0 Å². The monoisotopic (exact) mass is 404 g/mol. The van der Waals surface area contributed by atoms with Gasteiger partial charge in [-0.25, -0.2) is 8.42 Å². The molecule has 7 nitrogen and oxygen atoms in total. The summed E-state index contributed by atoms with van der Waals surface area (Å²) in [4.78, 5) is 34.8. The molecule has 0 aliphatic heterocycles. The maximum absolute atomic E-state index is 12.2. The average molecular weight is 404 g/mol. The van der Waals surface area contributed by atoms with E-state index in [2.05, 4.69) is 0 Å². The van der Waals surface area contributed by atoms with Crippen molar-refractivity contribution in [2.75, 3.05) is 12.4 Å². The Bertz CT molecular complexity index is 959. The highest BCUT2D eigenvalue weighted by Gasteiger charge is 2.18. The summed E-state index contributed by atoms with van der Waals surface area (Å²) in [7, 11) is -3.60. The van der Waals surface area contributed by atoms with Gasteiger partial charge in [-0.2, -0.15) is 0 Å². The van der Waals surface area contributed by atoms with Crippen molar-refractivity contribution in [1.82, 2.24) is 0 Å². The quantitative estimate of drug-likeness (QED) is 0.378. The van der Waals surface area contributed by atoms with E-state index >= 15 is 0 Å². The van der Waals surface area contributed by atoms with E-state index in [-0.39, 0.29) is 16.9 Å². The molecule has 0 fully saturated rings. The minimum atomic E-state index is -3.60. The Balaban J connectivity index is 1.84. The molecule has 0 heterocycles. The van der Waals surface area contributed by atoms with Crippen LogP contribution in [-0.2, 0) is 24.2 Å². The van der Waals surface area contributed by atoms with Crippen LogP contribution in [0.4, 0.5) is 0 Å². The van der Waals surface area contributed by atoms with Gasteiger partial charge in [0.05, 0.1) is 17.1 Å². The lowest BCUT2D eigenvalue weighted by Crippen LogP contribution is -2.17. The number of aryl methyl sites for hydroxylation is 1. The van der Waals surface area contributed by atoms with Gasteiger partial charge in [0.15, 0.2) is 22.2 Å². The second-order valence-corrected chi connectivity index (χ2v) is 8.19. The SMILES string of the molecule is CC(=O)Oc1ccc(C(=O)COC(=O)CCS(=O)(=O)c2ccc(C)cc2)cc1. The third-order valence-corrected chi connectivity index (χ3v) is 5.49. The van der Waals surface area contributed by atoms with Crippen LogP contribution >= 0.6 is 0 Å². The molecule has 148 valence electrons. The fraction of sp³-hybridized carbons (Fsp3) is 0.250. The lowest BCUT2D eigenvalue weighted by molar-refractivity contribution is -0.142. The first kappa shape index (κ1) is 21.3. The normalized spacial score (nSPS) is 10.9. The summed E-state index contributed by atoms with van der Waals surface area (Å²) in [6.07, 6.45) is -0.352. The van der Waals surface area contributed by atoms with Crippen molar-refractivity contribution in [3.05, 3.63) is 59.7 Å². The van der Waals surface area contributed by atoms with Crippen LogP contribution in [-0.4, -0.2) is 38.5 Å². The average Bonchev–Trinajstić information content (AvgIpc) is 2.65. The molecule has 0 bridgehead atoms. The molecule has 2 rings (SSSR count). The van der Waals surface area contributed by atoms with Crippen molar-refractivity contribution in [3.63, 3.8) is 0 Å². The second kappa shape index (κ2) is 9.27. The zero-order chi connectivity index (χ0) is 20.7. The van der Waals surface area contributed by atoms with Crippen LogP contribution in [0, 0.1) is 6.92 Å². The van der Waals surface area contributed by atoms with E-state index in [1.165, 1.54) is 43.3 Å². The predicted octanol–water partition coefficient (Wildman–Crippen LogP) is 2.51. The van der Waals surface area contributed by atoms with E-state index < -0.39 is 39.9 Å². The van der Waals surface area contributed by atoms with Crippen molar-refractivity contribution >= 4 is 27.6 Å². The van der Waals surface area contributed by atoms with Crippen LogP contribution in [0.5, 0.6) is 5.75 Å². The van der Waals surface area contributed by atoms with Crippen LogP contribution < -0.4 is 4.74 Å². The summed E-state index contributed by atoms with van der Waals surface area (Å²) in [5.74, 6) is -1.82. The number of ketones is 1. The van der Waals surface area contributed by atoms with Crippen molar-refractivity contribution < 1.29 is 32.3 Å². The van der Waals surface area contributed by atoms with Gasteiger partial charge in [-0.1, -0.05) is 17.7 Å². The molecule has 0 unspecified atom stereocenters. The first-order chi connectivity index (χ1) is 13.2. The van der Waals surface area contributed by atoms with Crippen LogP contribution in [0.3, 0.4) is 0 Å². The first-order valence-electron chi connectivity index (χ1n) is 8.44. The molecule has 0 N–H and O–H groups in total. The van der Waals surface area contributed by atoms with E-state index in [0.29, 0.717) is 5.75 Å². The Morgan fingerprint density at radius 3 is 2.11 bits per heavy atom. The van der Waals surface area contributed by atoms with Gasteiger partial charge in [0.2, 0.25) is 0 Å². The van der Waals surface area contributed by atoms with Gasteiger partial charge in [0, 0.05) is 12.5 Å². The van der Waals surface area contributed by atoms with Gasteiger partial charge in [0.1, 0.15) is 5.75 Å². The van der Waals surface area contributed by atoms with Crippen LogP contribution in [0.1, 0.15) is 29.3 Å². The Morgan fingerprint density at radius 2 is 1.54 bits per heavy atom. The minimum Gasteiger partial charge on any atom is -0.457 e. The summed E-state index contributed by atoms with van der Waals surface area (Å²) < 4.78 is 34.1. The molecule has 0 aromatic heterocycles. The van der Waals surface area contributed by atoms with E-state index in [9.17, 15) is 22.8 Å². The summed E-state index contributed by atoms with van der Waals surface area (Å²) in [5.41, 5.74) is 1.20. The van der Waals surface area contributed by atoms with Gasteiger partial charge in [-0.05, 0) is 43.3 Å². The van der Waals surface area contributed by atoms with Gasteiger partial charge in [-0.3, -0.25) is 14.4 Å². The van der Waals surface area contributed by atoms with Gasteiger partial charge in [0.25, 0.3) is 0 Å². The molecule has 0 aliphatic carbocycles. The smallest absolute Gasteiger partial charge is 0.308 e. The molecule has 28 heavy (non-hydrogen) atoms. The molecular formula is C20H20O7S. The number of sulfone groups is 1. The lowest BCUT2D eigenvalue weighted by Gasteiger charge is -2.07. The number of Topliss-reactive ketones (excluding diaryl/α,β-unsaturated/α-hetero) is 1. The number of carbonyl (C=O) groups excluding carboxylic acids is 3. The van der Waals surface area contributed by atoms with E-state index in [4.69, 9.17) is 9.47 Å².